The Hall–Kier alpha value is -1.36. The van der Waals surface area contributed by atoms with Crippen molar-refractivity contribution in [3.05, 3.63) is 29.0 Å². The average molecular weight is 407 g/mol. The first-order chi connectivity index (χ1) is 11.3. The van der Waals surface area contributed by atoms with Crippen LogP contribution in [-0.4, -0.2) is 33.0 Å². The van der Waals surface area contributed by atoms with Crippen LogP contribution in [-0.2, 0) is 9.59 Å². The number of hydrogen-bond donors (Lipinski definition) is 2. The van der Waals surface area contributed by atoms with Gasteiger partial charge in [0, 0.05) is 5.02 Å². The molecule has 0 aliphatic heterocycles. The maximum atomic E-state index is 13.7. The zero-order chi connectivity index (χ0) is 17.7. The van der Waals surface area contributed by atoms with E-state index in [0.717, 1.165) is 6.07 Å². The highest BCUT2D eigenvalue weighted by Crippen LogP contribution is 2.31. The monoisotopic (exact) mass is 406 g/mol. The topological polar surface area (TPSA) is 98.0 Å². The highest BCUT2D eigenvalue weighted by molar-refractivity contribution is 8.04. The maximum absolute atomic E-state index is 13.7. The summed E-state index contributed by atoms with van der Waals surface area (Å²) in [5, 5.41) is 10.1. The molecule has 1 heterocycles. The second kappa shape index (κ2) is 8.65. The van der Waals surface area contributed by atoms with Crippen LogP contribution < -0.4 is 11.1 Å². The summed E-state index contributed by atoms with van der Waals surface area (Å²) >= 11 is 9.30. The molecule has 24 heavy (non-hydrogen) atoms. The lowest BCUT2D eigenvalue weighted by molar-refractivity contribution is -0.116. The molecular formula is C13H12ClFN4O2S3. The van der Waals surface area contributed by atoms with E-state index in [9.17, 15) is 14.0 Å². The molecule has 1 unspecified atom stereocenters. The minimum Gasteiger partial charge on any atom is -0.369 e. The molecule has 1 atom stereocenters. The number of aromatic nitrogens is 2. The SMILES string of the molecule is CC(Sc1nnc(SCC(N)=O)s1)C(=O)Nc1ccc(Cl)cc1F. The van der Waals surface area contributed by atoms with Gasteiger partial charge in [-0.2, -0.15) is 0 Å². The van der Waals surface area contributed by atoms with Gasteiger partial charge < -0.3 is 11.1 Å². The zero-order valence-corrected chi connectivity index (χ0v) is 15.5. The number of rotatable bonds is 7. The van der Waals surface area contributed by atoms with Gasteiger partial charge in [-0.05, 0) is 25.1 Å². The Labute approximate surface area is 154 Å². The number of nitrogens with one attached hydrogen (secondary N) is 1. The van der Waals surface area contributed by atoms with E-state index in [0.29, 0.717) is 8.68 Å². The normalized spacial score (nSPS) is 12.0. The van der Waals surface area contributed by atoms with Crippen LogP contribution in [0, 0.1) is 5.82 Å². The van der Waals surface area contributed by atoms with Gasteiger partial charge in [-0.1, -0.05) is 46.5 Å². The lowest BCUT2D eigenvalue weighted by Gasteiger charge is -2.11. The van der Waals surface area contributed by atoms with Crippen molar-refractivity contribution in [3.8, 4) is 0 Å². The molecule has 6 nitrogen and oxygen atoms in total. The first-order valence-electron chi connectivity index (χ1n) is 6.52. The fraction of sp³-hybridized carbons (Fsp3) is 0.231. The number of carbonyl (C=O) groups is 2. The maximum Gasteiger partial charge on any atom is 0.237 e. The third-order valence-electron chi connectivity index (χ3n) is 2.56. The Morgan fingerprint density at radius 2 is 2.12 bits per heavy atom. The molecule has 0 radical (unpaired) electrons. The molecule has 3 N–H and O–H groups in total. The van der Waals surface area contributed by atoms with Crippen LogP contribution >= 0.6 is 46.5 Å². The van der Waals surface area contributed by atoms with E-state index in [1.807, 2.05) is 0 Å². The summed E-state index contributed by atoms with van der Waals surface area (Å²) in [6, 6.07) is 4.02. The molecule has 2 rings (SSSR count). The number of anilines is 1. The van der Waals surface area contributed by atoms with Crippen LogP contribution in [0.15, 0.2) is 26.9 Å². The van der Waals surface area contributed by atoms with Gasteiger partial charge in [0.05, 0.1) is 16.7 Å². The third kappa shape index (κ3) is 5.62. The Morgan fingerprint density at radius 3 is 2.79 bits per heavy atom. The van der Waals surface area contributed by atoms with Crippen molar-refractivity contribution in [2.45, 2.75) is 20.9 Å². The number of nitrogens with two attached hydrogens (primary N) is 1. The number of nitrogens with zero attached hydrogens (tertiary/aromatic N) is 2. The lowest BCUT2D eigenvalue weighted by atomic mass is 10.3. The van der Waals surface area contributed by atoms with Crippen LogP contribution in [0.1, 0.15) is 6.92 Å². The summed E-state index contributed by atoms with van der Waals surface area (Å²) in [4.78, 5) is 22.9. The molecule has 2 amide bonds. The lowest BCUT2D eigenvalue weighted by Crippen LogP contribution is -2.22. The second-order valence-electron chi connectivity index (χ2n) is 4.46. The van der Waals surface area contributed by atoms with Crippen LogP contribution in [0.25, 0.3) is 0 Å². The summed E-state index contributed by atoms with van der Waals surface area (Å²) in [5.74, 6) is -1.30. The molecule has 0 bridgehead atoms. The number of carbonyl (C=O) groups excluding carboxylic acids is 2. The number of thioether (sulfide) groups is 2. The molecule has 128 valence electrons. The van der Waals surface area contributed by atoms with Crippen LogP contribution in [0.5, 0.6) is 0 Å². The van der Waals surface area contributed by atoms with Gasteiger partial charge in [0.15, 0.2) is 8.68 Å². The van der Waals surface area contributed by atoms with Gasteiger partial charge in [0.2, 0.25) is 11.8 Å². The molecular weight excluding hydrogens is 395 g/mol. The van der Waals surface area contributed by atoms with Crippen LogP contribution in [0.2, 0.25) is 5.02 Å². The van der Waals surface area contributed by atoms with E-state index in [1.54, 1.807) is 6.92 Å². The summed E-state index contributed by atoms with van der Waals surface area (Å²) in [6.07, 6.45) is 0. The average Bonchev–Trinajstić information content (AvgIpc) is 2.95. The van der Waals surface area contributed by atoms with Gasteiger partial charge >= 0.3 is 0 Å². The van der Waals surface area contributed by atoms with Gasteiger partial charge in [-0.15, -0.1) is 10.2 Å². The first-order valence-corrected chi connectivity index (χ1v) is 9.58. The predicted molar refractivity (Wildman–Crippen MR) is 95.2 cm³/mol. The highest BCUT2D eigenvalue weighted by Gasteiger charge is 2.19. The van der Waals surface area contributed by atoms with E-state index < -0.39 is 17.0 Å². The van der Waals surface area contributed by atoms with E-state index in [1.165, 1.54) is 47.0 Å². The number of primary amides is 1. The molecule has 11 heteroatoms. The molecule has 1 aromatic heterocycles. The molecule has 0 saturated heterocycles. The zero-order valence-electron chi connectivity index (χ0n) is 12.3. The Morgan fingerprint density at radius 1 is 1.42 bits per heavy atom. The standard InChI is InChI=1S/C13H12ClFN4O2S3/c1-6(11(21)17-9-3-2-7(14)4-8(9)15)23-13-19-18-12(24-13)22-5-10(16)20/h2-4,6H,5H2,1H3,(H2,16,20)(H,17,21). The number of benzene rings is 1. The van der Waals surface area contributed by atoms with E-state index in [-0.39, 0.29) is 22.4 Å². The molecule has 0 fully saturated rings. The van der Waals surface area contributed by atoms with Crippen molar-refractivity contribution in [1.82, 2.24) is 10.2 Å². The molecule has 1 aromatic carbocycles. The summed E-state index contributed by atoms with van der Waals surface area (Å²) < 4.78 is 14.8. The molecule has 0 aliphatic carbocycles. The fourth-order valence-electron chi connectivity index (χ4n) is 1.47. The summed E-state index contributed by atoms with van der Waals surface area (Å²) in [5.41, 5.74) is 5.12. The van der Waals surface area contributed by atoms with E-state index in [4.69, 9.17) is 17.3 Å². The van der Waals surface area contributed by atoms with E-state index >= 15 is 0 Å². The molecule has 0 spiro atoms. The molecule has 2 aromatic rings. The largest absolute Gasteiger partial charge is 0.369 e. The van der Waals surface area contributed by atoms with Crippen LogP contribution in [0.4, 0.5) is 10.1 Å². The smallest absolute Gasteiger partial charge is 0.237 e. The van der Waals surface area contributed by atoms with Crippen molar-refractivity contribution in [3.63, 3.8) is 0 Å². The minimum absolute atomic E-state index is 0.0619. The fourth-order valence-corrected chi connectivity index (χ4v) is 4.53. The van der Waals surface area contributed by atoms with Crippen molar-refractivity contribution in [1.29, 1.82) is 0 Å². The van der Waals surface area contributed by atoms with Crippen LogP contribution in [0.3, 0.4) is 0 Å². The summed E-state index contributed by atoms with van der Waals surface area (Å²) in [6.45, 7) is 1.67. The van der Waals surface area contributed by atoms with Gasteiger partial charge in [0.1, 0.15) is 5.82 Å². The Bertz CT molecular complexity index is 759. The first kappa shape index (κ1) is 19.0. The van der Waals surface area contributed by atoms with Gasteiger partial charge in [-0.25, -0.2) is 4.39 Å². The second-order valence-corrected chi connectivity index (χ2v) is 8.69. The van der Waals surface area contributed by atoms with Gasteiger partial charge in [0.25, 0.3) is 0 Å². The quantitative estimate of drug-likeness (QED) is 0.686. The molecule has 0 aliphatic rings. The van der Waals surface area contributed by atoms with Crippen molar-refractivity contribution < 1.29 is 14.0 Å². The summed E-state index contributed by atoms with van der Waals surface area (Å²) in [7, 11) is 0. The third-order valence-corrected chi connectivity index (χ3v) is 6.06. The number of amides is 2. The highest BCUT2D eigenvalue weighted by atomic mass is 35.5. The predicted octanol–water partition coefficient (Wildman–Crippen LogP) is 3.03. The van der Waals surface area contributed by atoms with E-state index in [2.05, 4.69) is 15.5 Å². The van der Waals surface area contributed by atoms with Crippen molar-refractivity contribution >= 4 is 64.0 Å². The Kier molecular flexibility index (Phi) is 6.84. The Balaban J connectivity index is 1.92. The minimum atomic E-state index is -0.603. The number of hydrogen-bond acceptors (Lipinski definition) is 7. The van der Waals surface area contributed by atoms with Crippen molar-refractivity contribution in [2.75, 3.05) is 11.1 Å². The molecule has 0 saturated carbocycles. The van der Waals surface area contributed by atoms with Crippen molar-refractivity contribution in [2.24, 2.45) is 5.73 Å². The van der Waals surface area contributed by atoms with Gasteiger partial charge in [-0.3, -0.25) is 9.59 Å². The number of halogens is 2.